The summed E-state index contributed by atoms with van der Waals surface area (Å²) in [5.41, 5.74) is -1.51. The van der Waals surface area contributed by atoms with E-state index in [-0.39, 0.29) is 50.8 Å². The molecule has 5 heteroatoms. The lowest BCUT2D eigenvalue weighted by Gasteiger charge is -2.47. The molecule has 0 saturated heterocycles. The SMILES string of the molecule is CC(C)(C)C(OP(=O)(OC(C(C)(C)C)C(C)(C)C)OC(C(C)(C)C)C(C)(C)C)C(C)(C)C. The normalized spacial score (nSPS) is 15.9. The minimum absolute atomic E-state index is 0.251. The van der Waals surface area contributed by atoms with Crippen molar-refractivity contribution in [2.45, 2.75) is 143 Å². The quantitative estimate of drug-likeness (QED) is 0.358. The van der Waals surface area contributed by atoms with E-state index >= 15 is 0 Å². The highest BCUT2D eigenvalue weighted by atomic mass is 31.2. The van der Waals surface area contributed by atoms with Crippen LogP contribution in [0.3, 0.4) is 0 Å². The van der Waals surface area contributed by atoms with Gasteiger partial charge in [0.05, 0.1) is 18.3 Å². The second kappa shape index (κ2) is 9.63. The number of hydrogen-bond acceptors (Lipinski definition) is 4. The summed E-state index contributed by atoms with van der Waals surface area (Å²) in [5, 5.41) is 0. The largest absolute Gasteiger partial charge is 0.475 e. The van der Waals surface area contributed by atoms with Crippen LogP contribution in [0.25, 0.3) is 0 Å². The zero-order valence-electron chi connectivity index (χ0n) is 24.8. The molecule has 0 aromatic heterocycles. The number of phosphoric ester groups is 1. The average Bonchev–Trinajstić information content (AvgIpc) is 2.41. The second-order valence-corrected chi connectivity index (χ2v) is 17.6. The summed E-state index contributed by atoms with van der Waals surface area (Å²) in [6.45, 7) is 38.1. The van der Waals surface area contributed by atoms with Crippen molar-refractivity contribution in [2.24, 2.45) is 32.5 Å². The van der Waals surface area contributed by atoms with Crippen molar-refractivity contribution in [1.29, 1.82) is 0 Å². The number of rotatable bonds is 6. The summed E-state index contributed by atoms with van der Waals surface area (Å²) in [6, 6.07) is 0. The Balaban J connectivity index is 6.72. The van der Waals surface area contributed by atoms with E-state index in [1.807, 2.05) is 0 Å². The van der Waals surface area contributed by atoms with Gasteiger partial charge in [0.2, 0.25) is 0 Å². The van der Waals surface area contributed by atoms with E-state index < -0.39 is 7.82 Å². The molecular formula is C27H57O4P. The van der Waals surface area contributed by atoms with Crippen LogP contribution in [0.4, 0.5) is 0 Å². The van der Waals surface area contributed by atoms with E-state index in [2.05, 4.69) is 125 Å². The summed E-state index contributed by atoms with van der Waals surface area (Å²) in [7, 11) is -3.97. The van der Waals surface area contributed by atoms with E-state index in [1.165, 1.54) is 0 Å². The molecule has 0 heterocycles. The average molecular weight is 477 g/mol. The van der Waals surface area contributed by atoms with Gasteiger partial charge in [-0.25, -0.2) is 4.57 Å². The highest BCUT2D eigenvalue weighted by molar-refractivity contribution is 7.48. The van der Waals surface area contributed by atoms with Gasteiger partial charge in [-0.05, 0) is 32.5 Å². The molecule has 0 bridgehead atoms. The van der Waals surface area contributed by atoms with Crippen molar-refractivity contribution < 1.29 is 18.1 Å². The zero-order valence-corrected chi connectivity index (χ0v) is 25.7. The molecule has 0 unspecified atom stereocenters. The van der Waals surface area contributed by atoms with Crippen molar-refractivity contribution >= 4 is 7.82 Å². The first-order chi connectivity index (χ1) is 13.5. The lowest BCUT2D eigenvalue weighted by atomic mass is 9.74. The van der Waals surface area contributed by atoms with E-state index in [0.29, 0.717) is 0 Å². The van der Waals surface area contributed by atoms with Gasteiger partial charge in [0.1, 0.15) is 0 Å². The molecule has 0 aromatic rings. The number of hydrogen-bond donors (Lipinski definition) is 0. The molecule has 0 aliphatic heterocycles. The van der Waals surface area contributed by atoms with Gasteiger partial charge in [0, 0.05) is 0 Å². The smallest absolute Gasteiger partial charge is 0.282 e. The molecule has 0 fully saturated rings. The molecule has 0 amide bonds. The molecule has 0 atom stereocenters. The lowest BCUT2D eigenvalue weighted by molar-refractivity contribution is -0.102. The van der Waals surface area contributed by atoms with Crippen LogP contribution in [0.2, 0.25) is 0 Å². The van der Waals surface area contributed by atoms with Crippen LogP contribution in [0.15, 0.2) is 0 Å². The fraction of sp³-hybridized carbons (Fsp3) is 1.00. The Labute approximate surface area is 201 Å². The van der Waals surface area contributed by atoms with Crippen molar-refractivity contribution in [2.75, 3.05) is 0 Å². The van der Waals surface area contributed by atoms with Gasteiger partial charge in [0.15, 0.2) is 0 Å². The van der Waals surface area contributed by atoms with Crippen LogP contribution in [-0.4, -0.2) is 18.3 Å². The summed E-state index contributed by atoms with van der Waals surface area (Å²) in [5.74, 6) is 0. The van der Waals surface area contributed by atoms with Crippen molar-refractivity contribution in [3.63, 3.8) is 0 Å². The molecule has 194 valence electrons. The Morgan fingerprint density at radius 3 is 0.594 bits per heavy atom. The monoisotopic (exact) mass is 476 g/mol. The Morgan fingerprint density at radius 1 is 0.375 bits per heavy atom. The molecule has 0 saturated carbocycles. The maximum atomic E-state index is 14.7. The summed E-state index contributed by atoms with van der Waals surface area (Å²) >= 11 is 0. The molecular weight excluding hydrogens is 419 g/mol. The third-order valence-electron chi connectivity index (χ3n) is 5.42. The molecule has 32 heavy (non-hydrogen) atoms. The van der Waals surface area contributed by atoms with Crippen molar-refractivity contribution in [1.82, 2.24) is 0 Å². The van der Waals surface area contributed by atoms with Gasteiger partial charge >= 0.3 is 7.82 Å². The van der Waals surface area contributed by atoms with Crippen LogP contribution in [-0.2, 0) is 18.1 Å². The third kappa shape index (κ3) is 9.77. The highest BCUT2D eigenvalue weighted by Gasteiger charge is 2.51. The van der Waals surface area contributed by atoms with Gasteiger partial charge in [-0.15, -0.1) is 0 Å². The topological polar surface area (TPSA) is 44.8 Å². The molecule has 0 N–H and O–H groups in total. The van der Waals surface area contributed by atoms with E-state index in [4.69, 9.17) is 13.6 Å². The minimum atomic E-state index is -3.97. The third-order valence-corrected chi connectivity index (χ3v) is 6.83. The molecule has 0 radical (unpaired) electrons. The fourth-order valence-electron chi connectivity index (χ4n) is 5.31. The first-order valence-corrected chi connectivity index (χ1v) is 13.6. The Hall–Kier alpha value is 0.110. The summed E-state index contributed by atoms with van der Waals surface area (Å²) in [6.07, 6.45) is -0.994. The molecule has 0 aromatic carbocycles. The maximum Gasteiger partial charge on any atom is 0.475 e. The van der Waals surface area contributed by atoms with E-state index in [0.717, 1.165) is 0 Å². The second-order valence-electron chi connectivity index (χ2n) is 16.1. The van der Waals surface area contributed by atoms with Gasteiger partial charge in [-0.3, -0.25) is 13.6 Å². The lowest BCUT2D eigenvalue weighted by Crippen LogP contribution is -2.45. The molecule has 0 aliphatic rings. The van der Waals surface area contributed by atoms with Gasteiger partial charge in [-0.2, -0.15) is 0 Å². The Morgan fingerprint density at radius 2 is 0.500 bits per heavy atom. The first kappa shape index (κ1) is 32.1. The minimum Gasteiger partial charge on any atom is -0.282 e. The first-order valence-electron chi connectivity index (χ1n) is 12.2. The van der Waals surface area contributed by atoms with Crippen LogP contribution in [0.1, 0.15) is 125 Å². The fourth-order valence-corrected chi connectivity index (χ4v) is 8.13. The van der Waals surface area contributed by atoms with Gasteiger partial charge in [-0.1, -0.05) is 125 Å². The summed E-state index contributed by atoms with van der Waals surface area (Å²) < 4.78 is 34.2. The van der Waals surface area contributed by atoms with Crippen molar-refractivity contribution in [3.05, 3.63) is 0 Å². The van der Waals surface area contributed by atoms with Crippen LogP contribution < -0.4 is 0 Å². The summed E-state index contributed by atoms with van der Waals surface area (Å²) in [4.78, 5) is 0. The van der Waals surface area contributed by atoms with Crippen LogP contribution >= 0.6 is 7.82 Å². The molecule has 0 spiro atoms. The van der Waals surface area contributed by atoms with Crippen molar-refractivity contribution in [3.8, 4) is 0 Å². The Bertz CT molecular complexity index is 508. The van der Waals surface area contributed by atoms with Gasteiger partial charge < -0.3 is 0 Å². The van der Waals surface area contributed by atoms with Crippen LogP contribution in [0.5, 0.6) is 0 Å². The Kier molecular flexibility index (Phi) is 9.67. The maximum absolute atomic E-state index is 14.7. The van der Waals surface area contributed by atoms with E-state index in [1.54, 1.807) is 0 Å². The zero-order chi connectivity index (χ0) is 26.4. The van der Waals surface area contributed by atoms with E-state index in [9.17, 15) is 4.57 Å². The standard InChI is InChI=1S/C27H57O4P/c1-22(2,3)19(23(4,5)6)29-32(28,30-20(24(7,8)9)25(10,11)12)31-21(26(13,14)15)27(16,17)18/h19-21H,1-18H3. The molecule has 0 rings (SSSR count). The number of phosphoric acid groups is 1. The van der Waals surface area contributed by atoms with Gasteiger partial charge in [0.25, 0.3) is 0 Å². The molecule has 0 aliphatic carbocycles. The highest BCUT2D eigenvalue weighted by Crippen LogP contribution is 2.62. The predicted octanol–water partition coefficient (Wildman–Crippen LogP) is 9.53. The predicted molar refractivity (Wildman–Crippen MR) is 139 cm³/mol. The van der Waals surface area contributed by atoms with Crippen LogP contribution in [0, 0.1) is 32.5 Å². The molecule has 4 nitrogen and oxygen atoms in total.